The number of allylic oxidation sites excluding steroid dienone is 1. The Balaban J connectivity index is 0.00000106. The fraction of sp³-hybridized carbons (Fsp3) is 0.467. The number of carbonyl (C=O) groups excluding carboxylic acids is 4. The number of imide groups is 2. The summed E-state index contributed by atoms with van der Waals surface area (Å²) < 4.78 is 0. The maximum Gasteiger partial charge on any atom is 0.261 e. The molecule has 114 valence electrons. The Labute approximate surface area is 123 Å². The first-order chi connectivity index (χ1) is 9.97. The van der Waals surface area contributed by atoms with Crippen LogP contribution in [0.3, 0.4) is 0 Å². The number of carbonyl (C=O) groups is 4. The lowest BCUT2D eigenvalue weighted by Gasteiger charge is -2.28. The topological polar surface area (TPSA) is 83.6 Å². The van der Waals surface area contributed by atoms with E-state index in [1.807, 2.05) is 13.8 Å². The van der Waals surface area contributed by atoms with Crippen molar-refractivity contribution in [3.05, 3.63) is 23.3 Å². The molecule has 0 aromatic carbocycles. The lowest BCUT2D eigenvalue weighted by Crippen LogP contribution is -2.54. The number of amides is 4. The van der Waals surface area contributed by atoms with E-state index in [4.69, 9.17) is 0 Å². The van der Waals surface area contributed by atoms with Gasteiger partial charge in [-0.2, -0.15) is 0 Å². The minimum absolute atomic E-state index is 0.130. The van der Waals surface area contributed by atoms with E-state index in [0.717, 1.165) is 4.90 Å². The molecular formula is C15H20N2O4. The lowest BCUT2D eigenvalue weighted by molar-refractivity contribution is -0.150. The summed E-state index contributed by atoms with van der Waals surface area (Å²) in [5.74, 6) is -1.91. The van der Waals surface area contributed by atoms with Crippen LogP contribution in [-0.4, -0.2) is 34.6 Å². The van der Waals surface area contributed by atoms with E-state index in [-0.39, 0.29) is 18.7 Å². The van der Waals surface area contributed by atoms with Gasteiger partial charge >= 0.3 is 0 Å². The summed E-state index contributed by atoms with van der Waals surface area (Å²) in [5.41, 5.74) is 0.630. The predicted molar refractivity (Wildman–Crippen MR) is 76.9 cm³/mol. The molecule has 21 heavy (non-hydrogen) atoms. The number of nitrogens with one attached hydrogen (secondary N) is 1. The summed E-state index contributed by atoms with van der Waals surface area (Å²) in [7, 11) is 0. The molecule has 2 rings (SSSR count). The van der Waals surface area contributed by atoms with E-state index in [0.29, 0.717) is 11.1 Å². The Morgan fingerprint density at radius 1 is 1.14 bits per heavy atom. The Hall–Kier alpha value is -2.24. The second kappa shape index (κ2) is 6.97. The standard InChI is InChI=1S/C13H14N2O4.C2H6/c1-3-4-8-7(2)12(18)15(13(8)19)9-5-6-10(16)14-11(9)17;1-2/h3-4,9H,5-6H2,1-2H3,(H,14,16,17);1-2H3/b4-3-;. The molecule has 1 atom stereocenters. The Morgan fingerprint density at radius 3 is 2.29 bits per heavy atom. The molecule has 6 nitrogen and oxygen atoms in total. The van der Waals surface area contributed by atoms with Gasteiger partial charge in [0.1, 0.15) is 6.04 Å². The van der Waals surface area contributed by atoms with Crippen LogP contribution in [0, 0.1) is 0 Å². The van der Waals surface area contributed by atoms with Gasteiger partial charge in [-0.25, -0.2) is 0 Å². The quantitative estimate of drug-likeness (QED) is 0.772. The van der Waals surface area contributed by atoms with E-state index >= 15 is 0 Å². The highest BCUT2D eigenvalue weighted by Crippen LogP contribution is 2.26. The largest absolute Gasteiger partial charge is 0.295 e. The molecule has 0 aromatic heterocycles. The molecule has 0 aliphatic carbocycles. The van der Waals surface area contributed by atoms with Crippen molar-refractivity contribution in [3.63, 3.8) is 0 Å². The molecule has 2 aliphatic heterocycles. The van der Waals surface area contributed by atoms with Crippen LogP contribution in [0.2, 0.25) is 0 Å². The zero-order chi connectivity index (χ0) is 16.2. The van der Waals surface area contributed by atoms with Gasteiger partial charge < -0.3 is 0 Å². The highest BCUT2D eigenvalue weighted by atomic mass is 16.2. The van der Waals surface area contributed by atoms with Crippen molar-refractivity contribution in [3.8, 4) is 0 Å². The maximum atomic E-state index is 12.2. The molecular weight excluding hydrogens is 272 g/mol. The predicted octanol–water partition coefficient (Wildman–Crippen LogP) is 1.08. The van der Waals surface area contributed by atoms with Crippen molar-refractivity contribution in [2.45, 2.75) is 46.6 Å². The van der Waals surface area contributed by atoms with Crippen LogP contribution in [0.15, 0.2) is 23.3 Å². The van der Waals surface area contributed by atoms with E-state index in [1.54, 1.807) is 26.0 Å². The van der Waals surface area contributed by atoms with Crippen molar-refractivity contribution < 1.29 is 19.2 Å². The molecule has 1 saturated heterocycles. The van der Waals surface area contributed by atoms with Crippen LogP contribution >= 0.6 is 0 Å². The lowest BCUT2D eigenvalue weighted by atomic mass is 10.0. The number of nitrogens with zero attached hydrogens (tertiary/aromatic N) is 1. The summed E-state index contributed by atoms with van der Waals surface area (Å²) in [5, 5.41) is 2.15. The SMILES string of the molecule is C/C=C\C1=C(C)C(=O)N(C2CCC(=O)NC2=O)C1=O.CC. The molecule has 0 bridgehead atoms. The van der Waals surface area contributed by atoms with Gasteiger partial charge in [-0.05, 0) is 20.3 Å². The molecule has 4 amide bonds. The molecule has 1 unspecified atom stereocenters. The van der Waals surface area contributed by atoms with Gasteiger partial charge in [0.25, 0.3) is 11.8 Å². The van der Waals surface area contributed by atoms with Crippen LogP contribution in [0.25, 0.3) is 0 Å². The Kier molecular flexibility index (Phi) is 5.58. The molecule has 0 spiro atoms. The molecule has 2 heterocycles. The first-order valence-electron chi connectivity index (χ1n) is 7.02. The Bertz CT molecular complexity index is 546. The zero-order valence-corrected chi connectivity index (χ0v) is 12.7. The normalized spacial score (nSPS) is 22.7. The number of rotatable bonds is 2. The van der Waals surface area contributed by atoms with Crippen molar-refractivity contribution in [2.24, 2.45) is 0 Å². The maximum absolute atomic E-state index is 12.2. The number of piperidine rings is 1. The molecule has 1 fully saturated rings. The van der Waals surface area contributed by atoms with E-state index in [9.17, 15) is 19.2 Å². The monoisotopic (exact) mass is 292 g/mol. The van der Waals surface area contributed by atoms with Gasteiger partial charge in [-0.1, -0.05) is 26.0 Å². The molecule has 0 aromatic rings. The fourth-order valence-electron chi connectivity index (χ4n) is 2.25. The van der Waals surface area contributed by atoms with Gasteiger partial charge in [0.05, 0.1) is 0 Å². The van der Waals surface area contributed by atoms with E-state index in [2.05, 4.69) is 5.32 Å². The first kappa shape index (κ1) is 16.8. The minimum atomic E-state index is -0.893. The second-order valence-corrected chi connectivity index (χ2v) is 4.49. The van der Waals surface area contributed by atoms with Crippen molar-refractivity contribution >= 4 is 23.6 Å². The fourth-order valence-corrected chi connectivity index (χ4v) is 2.25. The molecule has 1 N–H and O–H groups in total. The van der Waals surface area contributed by atoms with Crippen LogP contribution in [0.1, 0.15) is 40.5 Å². The van der Waals surface area contributed by atoms with Gasteiger partial charge in [0, 0.05) is 17.6 Å². The summed E-state index contributed by atoms with van der Waals surface area (Å²) in [6.07, 6.45) is 3.53. The second-order valence-electron chi connectivity index (χ2n) is 4.49. The average Bonchev–Trinajstić information content (AvgIpc) is 2.67. The van der Waals surface area contributed by atoms with Gasteiger partial charge in [0.15, 0.2) is 0 Å². The van der Waals surface area contributed by atoms with E-state index < -0.39 is 23.8 Å². The summed E-state index contributed by atoms with van der Waals surface area (Å²) >= 11 is 0. The number of hydrogen-bond donors (Lipinski definition) is 1. The molecule has 0 radical (unpaired) electrons. The summed E-state index contributed by atoms with van der Waals surface area (Å²) in [4.78, 5) is 48.0. The summed E-state index contributed by atoms with van der Waals surface area (Å²) in [6.45, 7) is 7.30. The van der Waals surface area contributed by atoms with Gasteiger partial charge in [-0.15, -0.1) is 0 Å². The van der Waals surface area contributed by atoms with Crippen LogP contribution in [-0.2, 0) is 19.2 Å². The molecule has 6 heteroatoms. The van der Waals surface area contributed by atoms with Crippen LogP contribution < -0.4 is 5.32 Å². The van der Waals surface area contributed by atoms with Crippen molar-refractivity contribution in [1.82, 2.24) is 10.2 Å². The van der Waals surface area contributed by atoms with Crippen molar-refractivity contribution in [1.29, 1.82) is 0 Å². The highest BCUT2D eigenvalue weighted by molar-refractivity contribution is 6.22. The van der Waals surface area contributed by atoms with Crippen LogP contribution in [0.5, 0.6) is 0 Å². The zero-order valence-electron chi connectivity index (χ0n) is 12.7. The van der Waals surface area contributed by atoms with Crippen LogP contribution in [0.4, 0.5) is 0 Å². The third-order valence-electron chi connectivity index (χ3n) is 3.25. The average molecular weight is 292 g/mol. The molecule has 2 aliphatic rings. The Morgan fingerprint density at radius 2 is 1.76 bits per heavy atom. The van der Waals surface area contributed by atoms with Gasteiger partial charge in [0.2, 0.25) is 11.8 Å². The highest BCUT2D eigenvalue weighted by Gasteiger charge is 2.43. The summed E-state index contributed by atoms with van der Waals surface area (Å²) in [6, 6.07) is -0.893. The number of hydrogen-bond acceptors (Lipinski definition) is 4. The first-order valence-corrected chi connectivity index (χ1v) is 7.02. The van der Waals surface area contributed by atoms with E-state index in [1.165, 1.54) is 0 Å². The minimum Gasteiger partial charge on any atom is -0.295 e. The third-order valence-corrected chi connectivity index (χ3v) is 3.25. The van der Waals surface area contributed by atoms with Gasteiger partial charge in [-0.3, -0.25) is 29.4 Å². The third kappa shape index (κ3) is 3.09. The molecule has 0 saturated carbocycles. The smallest absolute Gasteiger partial charge is 0.261 e. The van der Waals surface area contributed by atoms with Crippen molar-refractivity contribution in [2.75, 3.05) is 0 Å².